The molecule has 0 aliphatic carbocycles. The summed E-state index contributed by atoms with van der Waals surface area (Å²) in [7, 11) is 3.79. The first-order chi connectivity index (χ1) is 9.45. The van der Waals surface area contributed by atoms with Crippen LogP contribution < -0.4 is 4.90 Å². The molecular formula is C16H20N2O2. The number of allylic oxidation sites excluding steroid dienone is 1. The molecule has 0 unspecified atom stereocenters. The molecule has 0 aliphatic heterocycles. The molecular weight excluding hydrogens is 252 g/mol. The zero-order chi connectivity index (χ0) is 15.1. The number of para-hydroxylation sites is 1. The molecule has 0 fully saturated rings. The van der Waals surface area contributed by atoms with Gasteiger partial charge < -0.3 is 9.64 Å². The average molecular weight is 272 g/mol. The molecule has 0 spiro atoms. The molecule has 0 amide bonds. The van der Waals surface area contributed by atoms with E-state index in [1.807, 2.05) is 57.1 Å². The summed E-state index contributed by atoms with van der Waals surface area (Å²) in [6, 6.07) is 9.52. The summed E-state index contributed by atoms with van der Waals surface area (Å²) in [6.45, 7) is 4.27. The molecule has 0 radical (unpaired) electrons. The molecule has 0 aliphatic rings. The fourth-order valence-corrected chi connectivity index (χ4v) is 1.67. The Hall–Kier alpha value is -2.28. The summed E-state index contributed by atoms with van der Waals surface area (Å²) in [5, 5.41) is 9.27. The molecule has 106 valence electrons. The first-order valence-corrected chi connectivity index (χ1v) is 6.51. The number of benzene rings is 1. The van der Waals surface area contributed by atoms with E-state index in [9.17, 15) is 10.1 Å². The largest absolute Gasteiger partial charge is 0.462 e. The second-order valence-electron chi connectivity index (χ2n) is 5.11. The van der Waals surface area contributed by atoms with Crippen LogP contribution in [0.5, 0.6) is 0 Å². The van der Waals surface area contributed by atoms with Gasteiger partial charge in [0.05, 0.1) is 12.2 Å². The van der Waals surface area contributed by atoms with Crippen LogP contribution in [0.15, 0.2) is 30.3 Å². The predicted octanol–water partition coefficient (Wildman–Crippen LogP) is 2.86. The van der Waals surface area contributed by atoms with Crippen LogP contribution in [0.3, 0.4) is 0 Å². The fraction of sp³-hybridized carbons (Fsp3) is 0.375. The molecule has 0 heterocycles. The minimum atomic E-state index is -0.483. The zero-order valence-corrected chi connectivity index (χ0v) is 12.4. The van der Waals surface area contributed by atoms with Gasteiger partial charge in [0.1, 0.15) is 6.07 Å². The Morgan fingerprint density at radius 1 is 1.40 bits per heavy atom. The Labute approximate surface area is 120 Å². The third kappa shape index (κ3) is 4.43. The van der Waals surface area contributed by atoms with Crippen molar-refractivity contribution < 1.29 is 9.53 Å². The monoisotopic (exact) mass is 272 g/mol. The minimum absolute atomic E-state index is 0.270. The van der Waals surface area contributed by atoms with Crippen LogP contribution in [0.2, 0.25) is 0 Å². The Morgan fingerprint density at radius 3 is 2.60 bits per heavy atom. The zero-order valence-electron chi connectivity index (χ0n) is 12.4. The molecule has 0 N–H and O–H groups in total. The third-order valence-corrected chi connectivity index (χ3v) is 2.62. The molecule has 4 heteroatoms. The van der Waals surface area contributed by atoms with Gasteiger partial charge in [-0.15, -0.1) is 0 Å². The number of ether oxygens (including phenoxy) is 1. The standard InChI is InChI=1S/C16H20N2O2/c1-12(2)11-20-16(19)9-13(10-17)14-7-5-6-8-15(14)18(3)4/h5-9,12H,11H2,1-4H3. The van der Waals surface area contributed by atoms with Crippen molar-refractivity contribution in [3.05, 3.63) is 35.9 Å². The second-order valence-corrected chi connectivity index (χ2v) is 5.11. The maximum absolute atomic E-state index is 11.7. The molecule has 0 bridgehead atoms. The van der Waals surface area contributed by atoms with Crippen LogP contribution >= 0.6 is 0 Å². The fourth-order valence-electron chi connectivity index (χ4n) is 1.67. The molecule has 1 rings (SSSR count). The van der Waals surface area contributed by atoms with Gasteiger partial charge in [0.25, 0.3) is 0 Å². The average Bonchev–Trinajstić information content (AvgIpc) is 2.42. The topological polar surface area (TPSA) is 53.3 Å². The molecule has 1 aromatic carbocycles. The van der Waals surface area contributed by atoms with E-state index in [1.54, 1.807) is 0 Å². The number of nitriles is 1. The highest BCUT2D eigenvalue weighted by atomic mass is 16.5. The number of carbonyl (C=O) groups excluding carboxylic acids is 1. The van der Waals surface area contributed by atoms with Crippen molar-refractivity contribution in [2.75, 3.05) is 25.6 Å². The second kappa shape index (κ2) is 7.34. The van der Waals surface area contributed by atoms with Crippen molar-refractivity contribution in [1.82, 2.24) is 0 Å². The van der Waals surface area contributed by atoms with Gasteiger partial charge >= 0.3 is 5.97 Å². The van der Waals surface area contributed by atoms with Gasteiger partial charge in [-0.2, -0.15) is 5.26 Å². The smallest absolute Gasteiger partial charge is 0.332 e. The van der Waals surface area contributed by atoms with E-state index >= 15 is 0 Å². The first kappa shape index (κ1) is 15.8. The maximum atomic E-state index is 11.7. The first-order valence-electron chi connectivity index (χ1n) is 6.51. The Morgan fingerprint density at radius 2 is 2.05 bits per heavy atom. The summed E-state index contributed by atoms with van der Waals surface area (Å²) >= 11 is 0. The van der Waals surface area contributed by atoms with E-state index in [4.69, 9.17) is 4.74 Å². The maximum Gasteiger partial charge on any atom is 0.332 e. The van der Waals surface area contributed by atoms with Crippen LogP contribution in [0.1, 0.15) is 19.4 Å². The van der Waals surface area contributed by atoms with Crippen molar-refractivity contribution >= 4 is 17.2 Å². The summed E-state index contributed by atoms with van der Waals surface area (Å²) in [6.07, 6.45) is 1.25. The van der Waals surface area contributed by atoms with Crippen molar-refractivity contribution in [3.8, 4) is 6.07 Å². The van der Waals surface area contributed by atoms with Gasteiger partial charge in [0, 0.05) is 31.4 Å². The van der Waals surface area contributed by atoms with Gasteiger partial charge in [0.2, 0.25) is 0 Å². The number of rotatable bonds is 5. The summed E-state index contributed by atoms with van der Waals surface area (Å²) < 4.78 is 5.08. The predicted molar refractivity (Wildman–Crippen MR) is 80.2 cm³/mol. The lowest BCUT2D eigenvalue weighted by atomic mass is 10.0. The van der Waals surface area contributed by atoms with Crippen LogP contribution in [0.25, 0.3) is 5.57 Å². The van der Waals surface area contributed by atoms with Crippen LogP contribution in [0, 0.1) is 17.2 Å². The lowest BCUT2D eigenvalue weighted by Crippen LogP contribution is -2.11. The summed E-state index contributed by atoms with van der Waals surface area (Å²) in [5.41, 5.74) is 1.92. The van der Waals surface area contributed by atoms with Crippen LogP contribution in [-0.4, -0.2) is 26.7 Å². The Kier molecular flexibility index (Phi) is 5.79. The highest BCUT2D eigenvalue weighted by Gasteiger charge is 2.11. The SMILES string of the molecule is CC(C)COC(=O)C=C(C#N)c1ccccc1N(C)C. The molecule has 0 saturated heterocycles. The van der Waals surface area contributed by atoms with Crippen LogP contribution in [-0.2, 0) is 9.53 Å². The number of anilines is 1. The van der Waals surface area contributed by atoms with Gasteiger partial charge in [0.15, 0.2) is 0 Å². The molecule has 4 nitrogen and oxygen atoms in total. The van der Waals surface area contributed by atoms with Gasteiger partial charge in [-0.1, -0.05) is 32.0 Å². The van der Waals surface area contributed by atoms with Gasteiger partial charge in [-0.05, 0) is 12.0 Å². The van der Waals surface area contributed by atoms with Gasteiger partial charge in [-0.25, -0.2) is 4.79 Å². The van der Waals surface area contributed by atoms with E-state index < -0.39 is 5.97 Å². The van der Waals surface area contributed by atoms with E-state index in [0.29, 0.717) is 12.2 Å². The number of esters is 1. The van der Waals surface area contributed by atoms with Gasteiger partial charge in [-0.3, -0.25) is 0 Å². The lowest BCUT2D eigenvalue weighted by Gasteiger charge is -2.16. The number of nitrogens with zero attached hydrogens (tertiary/aromatic N) is 2. The molecule has 0 aromatic heterocycles. The lowest BCUT2D eigenvalue weighted by molar-refractivity contribution is -0.138. The van der Waals surface area contributed by atoms with Crippen molar-refractivity contribution in [3.63, 3.8) is 0 Å². The summed E-state index contributed by atoms with van der Waals surface area (Å²) in [4.78, 5) is 13.6. The quantitative estimate of drug-likeness (QED) is 0.470. The van der Waals surface area contributed by atoms with Crippen molar-refractivity contribution in [1.29, 1.82) is 5.26 Å². The number of hydrogen-bond donors (Lipinski definition) is 0. The van der Waals surface area contributed by atoms with E-state index in [0.717, 1.165) is 11.3 Å². The molecule has 1 aromatic rings. The summed E-state index contributed by atoms with van der Waals surface area (Å²) in [5.74, 6) is -0.212. The van der Waals surface area contributed by atoms with Crippen molar-refractivity contribution in [2.24, 2.45) is 5.92 Å². The van der Waals surface area contributed by atoms with E-state index in [2.05, 4.69) is 6.07 Å². The number of hydrogen-bond acceptors (Lipinski definition) is 4. The highest BCUT2D eigenvalue weighted by Crippen LogP contribution is 2.25. The normalized spacial score (nSPS) is 11.1. The van der Waals surface area contributed by atoms with Crippen LogP contribution in [0.4, 0.5) is 5.69 Å². The van der Waals surface area contributed by atoms with E-state index in [-0.39, 0.29) is 5.92 Å². The van der Waals surface area contributed by atoms with E-state index in [1.165, 1.54) is 6.08 Å². The third-order valence-electron chi connectivity index (χ3n) is 2.62. The highest BCUT2D eigenvalue weighted by molar-refractivity contribution is 5.97. The number of carbonyl (C=O) groups is 1. The Balaban J connectivity index is 3.02. The minimum Gasteiger partial charge on any atom is -0.462 e. The Bertz CT molecular complexity index is 540. The molecule has 20 heavy (non-hydrogen) atoms. The van der Waals surface area contributed by atoms with Crippen molar-refractivity contribution in [2.45, 2.75) is 13.8 Å². The molecule has 0 atom stereocenters. The molecule has 0 saturated carbocycles.